The molecule has 12 heavy (non-hydrogen) atoms. The number of Topliss-reactive ketones (excluding diaryl/α,β-unsaturated/α-hetero) is 2. The Labute approximate surface area is 70.4 Å². The Balaban J connectivity index is 3.27. The van der Waals surface area contributed by atoms with E-state index in [1.165, 1.54) is 20.0 Å². The number of rotatable bonds is 2. The molecule has 1 aromatic rings. The molecule has 0 N–H and O–H groups in total. The van der Waals surface area contributed by atoms with Crippen molar-refractivity contribution in [2.45, 2.75) is 13.8 Å². The molecule has 0 bridgehead atoms. The Kier molecular flexibility index (Phi) is 2.33. The largest absolute Gasteiger partial charge is 0.294 e. The molecule has 0 saturated heterocycles. The number of pyridine rings is 1. The van der Waals surface area contributed by atoms with E-state index in [2.05, 4.69) is 4.98 Å². The van der Waals surface area contributed by atoms with Crippen molar-refractivity contribution in [1.82, 2.24) is 4.98 Å². The Hall–Kier alpha value is -1.51. The molecule has 0 aliphatic carbocycles. The van der Waals surface area contributed by atoms with Gasteiger partial charge in [0.25, 0.3) is 0 Å². The normalized spacial score (nSPS) is 9.50. The van der Waals surface area contributed by atoms with Crippen LogP contribution in [0.3, 0.4) is 0 Å². The molecule has 0 atom stereocenters. The van der Waals surface area contributed by atoms with Gasteiger partial charge in [0.05, 0.1) is 0 Å². The third-order valence-electron chi connectivity index (χ3n) is 1.52. The summed E-state index contributed by atoms with van der Waals surface area (Å²) in [6.45, 7) is 2.82. The highest BCUT2D eigenvalue weighted by molar-refractivity contribution is 6.05. The van der Waals surface area contributed by atoms with Crippen LogP contribution in [0.5, 0.6) is 0 Å². The first kappa shape index (κ1) is 8.59. The highest BCUT2D eigenvalue weighted by Gasteiger charge is 2.10. The predicted octanol–water partition coefficient (Wildman–Crippen LogP) is 1.49. The summed E-state index contributed by atoms with van der Waals surface area (Å²) in [6.07, 6.45) is 1.50. The summed E-state index contributed by atoms with van der Waals surface area (Å²) in [5.74, 6) is -0.311. The lowest BCUT2D eigenvalue weighted by Gasteiger charge is -1.99. The van der Waals surface area contributed by atoms with E-state index in [0.29, 0.717) is 5.56 Å². The second kappa shape index (κ2) is 3.26. The maximum atomic E-state index is 11.0. The maximum Gasteiger partial charge on any atom is 0.178 e. The van der Waals surface area contributed by atoms with E-state index in [4.69, 9.17) is 0 Å². The van der Waals surface area contributed by atoms with Gasteiger partial charge in [-0.2, -0.15) is 0 Å². The first-order valence-corrected chi connectivity index (χ1v) is 3.60. The van der Waals surface area contributed by atoms with E-state index in [1.807, 2.05) is 0 Å². The van der Waals surface area contributed by atoms with Crippen molar-refractivity contribution in [2.24, 2.45) is 0 Å². The van der Waals surface area contributed by atoms with Gasteiger partial charge in [-0.25, -0.2) is 0 Å². The van der Waals surface area contributed by atoms with Gasteiger partial charge in [0, 0.05) is 18.7 Å². The molecule has 0 aliphatic heterocycles. The van der Waals surface area contributed by atoms with Gasteiger partial charge < -0.3 is 0 Å². The van der Waals surface area contributed by atoms with E-state index < -0.39 is 0 Å². The number of ketones is 2. The Bertz CT molecular complexity index is 298. The first-order chi connectivity index (χ1) is 5.63. The predicted molar refractivity (Wildman–Crippen MR) is 44.2 cm³/mol. The minimum absolute atomic E-state index is 0.131. The molecule has 0 radical (unpaired) electrons. The minimum Gasteiger partial charge on any atom is -0.294 e. The van der Waals surface area contributed by atoms with E-state index >= 15 is 0 Å². The van der Waals surface area contributed by atoms with Gasteiger partial charge in [0.1, 0.15) is 5.69 Å². The molecule has 1 rings (SSSR count). The van der Waals surface area contributed by atoms with Gasteiger partial charge in [-0.3, -0.25) is 14.6 Å². The molecule has 0 saturated carbocycles. The van der Waals surface area contributed by atoms with Crippen LogP contribution in [0.4, 0.5) is 0 Å². The zero-order valence-electron chi connectivity index (χ0n) is 7.00. The lowest BCUT2D eigenvalue weighted by molar-refractivity contribution is 0.0977. The summed E-state index contributed by atoms with van der Waals surface area (Å²) < 4.78 is 0. The fourth-order valence-electron chi connectivity index (χ4n) is 0.970. The van der Waals surface area contributed by atoms with Crippen molar-refractivity contribution < 1.29 is 9.59 Å². The summed E-state index contributed by atoms with van der Waals surface area (Å²) in [7, 11) is 0. The van der Waals surface area contributed by atoms with Crippen LogP contribution in [0, 0.1) is 0 Å². The molecular weight excluding hydrogens is 154 g/mol. The van der Waals surface area contributed by atoms with Crippen LogP contribution in [-0.4, -0.2) is 16.6 Å². The maximum absolute atomic E-state index is 11.0. The van der Waals surface area contributed by atoms with E-state index in [-0.39, 0.29) is 17.3 Å². The van der Waals surface area contributed by atoms with Crippen molar-refractivity contribution in [3.8, 4) is 0 Å². The first-order valence-electron chi connectivity index (χ1n) is 3.60. The molecule has 0 aromatic carbocycles. The second-order valence-electron chi connectivity index (χ2n) is 2.51. The average Bonchev–Trinajstić information content (AvgIpc) is 2.04. The number of carbonyl (C=O) groups excluding carboxylic acids is 2. The molecule has 0 unspecified atom stereocenters. The number of hydrogen-bond donors (Lipinski definition) is 0. The van der Waals surface area contributed by atoms with E-state index in [1.54, 1.807) is 12.1 Å². The lowest BCUT2D eigenvalue weighted by Crippen LogP contribution is -2.05. The van der Waals surface area contributed by atoms with Gasteiger partial charge in [-0.05, 0) is 19.1 Å². The van der Waals surface area contributed by atoms with Gasteiger partial charge >= 0.3 is 0 Å². The number of aromatic nitrogens is 1. The monoisotopic (exact) mass is 163 g/mol. The molecule has 0 spiro atoms. The van der Waals surface area contributed by atoms with Gasteiger partial charge in [-0.1, -0.05) is 0 Å². The van der Waals surface area contributed by atoms with Gasteiger partial charge in [-0.15, -0.1) is 0 Å². The number of hydrogen-bond acceptors (Lipinski definition) is 3. The SMILES string of the molecule is CC(=O)c1cccnc1C(C)=O. The van der Waals surface area contributed by atoms with Crippen LogP contribution in [0.15, 0.2) is 18.3 Å². The molecule has 1 aromatic heterocycles. The van der Waals surface area contributed by atoms with Gasteiger partial charge in [0.2, 0.25) is 0 Å². The van der Waals surface area contributed by atoms with Crippen molar-refractivity contribution in [3.05, 3.63) is 29.6 Å². The summed E-state index contributed by atoms with van der Waals surface area (Å²) in [5.41, 5.74) is 0.648. The summed E-state index contributed by atoms with van der Waals surface area (Å²) in [4.78, 5) is 25.8. The van der Waals surface area contributed by atoms with Crippen LogP contribution in [-0.2, 0) is 0 Å². The molecular formula is C9H9NO2. The molecule has 1 heterocycles. The zero-order chi connectivity index (χ0) is 9.14. The molecule has 62 valence electrons. The lowest BCUT2D eigenvalue weighted by atomic mass is 10.1. The van der Waals surface area contributed by atoms with Crippen LogP contribution in [0.2, 0.25) is 0 Å². The highest BCUT2D eigenvalue weighted by Crippen LogP contribution is 2.06. The molecule has 0 amide bonds. The zero-order valence-corrected chi connectivity index (χ0v) is 7.00. The Morgan fingerprint density at radius 2 is 1.92 bits per heavy atom. The van der Waals surface area contributed by atoms with Crippen molar-refractivity contribution in [1.29, 1.82) is 0 Å². The number of nitrogens with zero attached hydrogens (tertiary/aromatic N) is 1. The fourth-order valence-corrected chi connectivity index (χ4v) is 0.970. The molecule has 0 aliphatic rings. The molecule has 0 fully saturated rings. The minimum atomic E-state index is -0.180. The third-order valence-corrected chi connectivity index (χ3v) is 1.52. The molecule has 3 nitrogen and oxygen atoms in total. The van der Waals surface area contributed by atoms with E-state index in [0.717, 1.165) is 0 Å². The van der Waals surface area contributed by atoms with E-state index in [9.17, 15) is 9.59 Å². The standard InChI is InChI=1S/C9H9NO2/c1-6(11)8-4-3-5-10-9(8)7(2)12/h3-5H,1-2H3. The topological polar surface area (TPSA) is 47.0 Å². The van der Waals surface area contributed by atoms with Gasteiger partial charge in [0.15, 0.2) is 11.6 Å². The smallest absolute Gasteiger partial charge is 0.178 e. The average molecular weight is 163 g/mol. The van der Waals surface area contributed by atoms with Crippen LogP contribution < -0.4 is 0 Å². The summed E-state index contributed by atoms with van der Waals surface area (Å²) in [5, 5.41) is 0. The van der Waals surface area contributed by atoms with Crippen molar-refractivity contribution in [2.75, 3.05) is 0 Å². The number of carbonyl (C=O) groups is 2. The quantitative estimate of drug-likeness (QED) is 0.620. The Morgan fingerprint density at radius 1 is 1.25 bits per heavy atom. The van der Waals surface area contributed by atoms with Crippen molar-refractivity contribution in [3.63, 3.8) is 0 Å². The third kappa shape index (κ3) is 1.56. The highest BCUT2D eigenvalue weighted by atomic mass is 16.1. The molecule has 3 heteroatoms. The summed E-state index contributed by atoms with van der Waals surface area (Å²) >= 11 is 0. The Morgan fingerprint density at radius 3 is 2.33 bits per heavy atom. The van der Waals surface area contributed by atoms with Crippen molar-refractivity contribution >= 4 is 11.6 Å². The summed E-state index contributed by atoms with van der Waals surface area (Å²) in [6, 6.07) is 3.25. The van der Waals surface area contributed by atoms with Crippen LogP contribution >= 0.6 is 0 Å². The van der Waals surface area contributed by atoms with Crippen LogP contribution in [0.1, 0.15) is 34.7 Å². The van der Waals surface area contributed by atoms with Crippen LogP contribution in [0.25, 0.3) is 0 Å². The fraction of sp³-hybridized carbons (Fsp3) is 0.222. The second-order valence-corrected chi connectivity index (χ2v) is 2.51.